The summed E-state index contributed by atoms with van der Waals surface area (Å²) >= 11 is -0.256. The van der Waals surface area contributed by atoms with Crippen molar-refractivity contribution in [1.82, 2.24) is 9.97 Å². The van der Waals surface area contributed by atoms with Crippen LogP contribution in [0.1, 0.15) is 0 Å². The summed E-state index contributed by atoms with van der Waals surface area (Å²) in [6.07, 6.45) is 7.44. The molecule has 0 aliphatic heterocycles. The van der Waals surface area contributed by atoms with E-state index in [0.29, 0.717) is 0 Å². The molecular formula is C10H8N2Te. The minimum atomic E-state index is -0.256. The zero-order chi connectivity index (χ0) is 8.93. The SMILES string of the molecule is c1cncc([Te]c2ccncc2)c1. The third kappa shape index (κ3) is 2.51. The van der Waals surface area contributed by atoms with Crippen molar-refractivity contribution in [3.63, 3.8) is 0 Å². The second-order valence-corrected chi connectivity index (χ2v) is 5.75. The van der Waals surface area contributed by atoms with Gasteiger partial charge in [0.1, 0.15) is 0 Å². The van der Waals surface area contributed by atoms with E-state index in [4.69, 9.17) is 0 Å². The van der Waals surface area contributed by atoms with Crippen LogP contribution >= 0.6 is 0 Å². The van der Waals surface area contributed by atoms with E-state index in [2.05, 4.69) is 28.2 Å². The number of hydrogen-bond donors (Lipinski definition) is 0. The van der Waals surface area contributed by atoms with Crippen LogP contribution in [0.25, 0.3) is 0 Å². The summed E-state index contributed by atoms with van der Waals surface area (Å²) in [4.78, 5) is 8.09. The number of pyridine rings is 2. The fourth-order valence-electron chi connectivity index (χ4n) is 0.950. The van der Waals surface area contributed by atoms with Crippen LogP contribution in [-0.4, -0.2) is 30.9 Å². The molecule has 0 aliphatic carbocycles. The van der Waals surface area contributed by atoms with Crippen molar-refractivity contribution in [2.75, 3.05) is 0 Å². The van der Waals surface area contributed by atoms with Crippen LogP contribution in [0.3, 0.4) is 0 Å². The molecule has 2 aromatic heterocycles. The predicted octanol–water partition coefficient (Wildman–Crippen LogP) is 0.132. The van der Waals surface area contributed by atoms with Crippen LogP contribution in [0.5, 0.6) is 0 Å². The number of hydrogen-bond acceptors (Lipinski definition) is 2. The second-order valence-electron chi connectivity index (χ2n) is 2.47. The summed E-state index contributed by atoms with van der Waals surface area (Å²) in [6.45, 7) is 0. The summed E-state index contributed by atoms with van der Waals surface area (Å²) < 4.78 is 2.76. The van der Waals surface area contributed by atoms with Crippen LogP contribution in [0.15, 0.2) is 49.1 Å². The summed E-state index contributed by atoms with van der Waals surface area (Å²) in [5.74, 6) is 0. The Labute approximate surface area is 87.1 Å². The average molecular weight is 284 g/mol. The van der Waals surface area contributed by atoms with E-state index in [1.165, 1.54) is 7.22 Å². The Morgan fingerprint density at radius 1 is 0.846 bits per heavy atom. The van der Waals surface area contributed by atoms with Crippen LogP contribution in [0, 0.1) is 0 Å². The van der Waals surface area contributed by atoms with Crippen molar-refractivity contribution in [2.24, 2.45) is 0 Å². The fraction of sp³-hybridized carbons (Fsp3) is 0. The molecule has 0 atom stereocenters. The molecule has 64 valence electrons. The van der Waals surface area contributed by atoms with Gasteiger partial charge in [0, 0.05) is 0 Å². The molecule has 0 aromatic carbocycles. The van der Waals surface area contributed by atoms with Crippen molar-refractivity contribution in [1.29, 1.82) is 0 Å². The molecule has 3 heteroatoms. The van der Waals surface area contributed by atoms with Gasteiger partial charge in [0.15, 0.2) is 0 Å². The molecule has 13 heavy (non-hydrogen) atoms. The predicted molar refractivity (Wildman–Crippen MR) is 53.5 cm³/mol. The van der Waals surface area contributed by atoms with Crippen molar-refractivity contribution >= 4 is 28.1 Å². The molecule has 0 saturated carbocycles. The van der Waals surface area contributed by atoms with Gasteiger partial charge in [-0.3, -0.25) is 0 Å². The number of nitrogens with zero attached hydrogens (tertiary/aromatic N) is 2. The molecule has 0 bridgehead atoms. The Bertz CT molecular complexity index is 324. The molecule has 0 spiro atoms. The first-order chi connectivity index (χ1) is 6.45. The van der Waals surface area contributed by atoms with E-state index >= 15 is 0 Å². The zero-order valence-electron chi connectivity index (χ0n) is 6.92. The van der Waals surface area contributed by atoms with Gasteiger partial charge in [0.05, 0.1) is 0 Å². The third-order valence-electron chi connectivity index (χ3n) is 1.52. The van der Waals surface area contributed by atoms with E-state index in [0.717, 1.165) is 0 Å². The van der Waals surface area contributed by atoms with Gasteiger partial charge in [-0.05, 0) is 0 Å². The molecular weight excluding hydrogens is 276 g/mol. The molecule has 0 saturated heterocycles. The number of aromatic nitrogens is 2. The zero-order valence-corrected chi connectivity index (χ0v) is 9.25. The Morgan fingerprint density at radius 3 is 2.38 bits per heavy atom. The Morgan fingerprint density at radius 2 is 1.69 bits per heavy atom. The molecule has 2 rings (SSSR count). The Balaban J connectivity index is 2.16. The molecule has 0 radical (unpaired) electrons. The van der Waals surface area contributed by atoms with Gasteiger partial charge < -0.3 is 0 Å². The third-order valence-corrected chi connectivity index (χ3v) is 4.33. The van der Waals surface area contributed by atoms with Gasteiger partial charge in [-0.25, -0.2) is 0 Å². The van der Waals surface area contributed by atoms with Gasteiger partial charge in [0.25, 0.3) is 0 Å². The average Bonchev–Trinajstić information content (AvgIpc) is 2.21. The van der Waals surface area contributed by atoms with Gasteiger partial charge in [-0.15, -0.1) is 0 Å². The normalized spacial score (nSPS) is 9.85. The summed E-state index contributed by atoms with van der Waals surface area (Å²) in [7, 11) is 0. The molecule has 0 aliphatic rings. The monoisotopic (exact) mass is 286 g/mol. The first kappa shape index (κ1) is 8.68. The molecule has 0 unspecified atom stereocenters. The van der Waals surface area contributed by atoms with E-state index in [1.807, 2.05) is 30.9 Å². The van der Waals surface area contributed by atoms with Crippen LogP contribution in [-0.2, 0) is 0 Å². The van der Waals surface area contributed by atoms with Crippen molar-refractivity contribution in [2.45, 2.75) is 0 Å². The van der Waals surface area contributed by atoms with E-state index in [-0.39, 0.29) is 20.9 Å². The van der Waals surface area contributed by atoms with Crippen molar-refractivity contribution < 1.29 is 0 Å². The molecule has 2 heterocycles. The van der Waals surface area contributed by atoms with Gasteiger partial charge >= 0.3 is 87.2 Å². The minimum absolute atomic E-state index is 0.256. The standard InChI is InChI=1S/C10H8N2Te/c1-2-10(8-12-5-1)13-9-3-6-11-7-4-9/h1-8H. The number of rotatable bonds is 2. The second kappa shape index (κ2) is 4.36. The summed E-state index contributed by atoms with van der Waals surface area (Å²) in [6, 6.07) is 8.28. The molecule has 0 N–H and O–H groups in total. The first-order valence-electron chi connectivity index (χ1n) is 3.93. The van der Waals surface area contributed by atoms with Gasteiger partial charge in [-0.2, -0.15) is 0 Å². The topological polar surface area (TPSA) is 25.8 Å². The fourth-order valence-corrected chi connectivity index (χ4v) is 3.20. The first-order valence-corrected chi connectivity index (χ1v) is 6.26. The quantitative estimate of drug-likeness (QED) is 0.733. The van der Waals surface area contributed by atoms with Crippen molar-refractivity contribution in [3.8, 4) is 0 Å². The molecule has 0 fully saturated rings. The van der Waals surface area contributed by atoms with E-state index in [1.54, 1.807) is 0 Å². The van der Waals surface area contributed by atoms with Gasteiger partial charge in [0.2, 0.25) is 0 Å². The summed E-state index contributed by atoms with van der Waals surface area (Å²) in [5, 5.41) is 0. The summed E-state index contributed by atoms with van der Waals surface area (Å²) in [5.41, 5.74) is 0. The van der Waals surface area contributed by atoms with Crippen LogP contribution in [0.2, 0.25) is 0 Å². The van der Waals surface area contributed by atoms with Crippen LogP contribution in [0.4, 0.5) is 0 Å². The molecule has 2 aromatic rings. The van der Waals surface area contributed by atoms with E-state index < -0.39 is 0 Å². The Kier molecular flexibility index (Phi) is 2.91. The van der Waals surface area contributed by atoms with Crippen LogP contribution < -0.4 is 7.22 Å². The molecule has 2 nitrogen and oxygen atoms in total. The maximum absolute atomic E-state index is 4.10. The Hall–Kier alpha value is -0.910. The maximum atomic E-state index is 4.10. The van der Waals surface area contributed by atoms with E-state index in [9.17, 15) is 0 Å². The van der Waals surface area contributed by atoms with Gasteiger partial charge in [-0.1, -0.05) is 0 Å². The van der Waals surface area contributed by atoms with Crippen molar-refractivity contribution in [3.05, 3.63) is 49.1 Å². The molecule has 0 amide bonds.